The molecule has 0 saturated carbocycles. The van der Waals surface area contributed by atoms with E-state index in [1.54, 1.807) is 0 Å². The van der Waals surface area contributed by atoms with Crippen LogP contribution >= 0.6 is 0 Å². The van der Waals surface area contributed by atoms with Crippen LogP contribution in [0, 0.1) is 0 Å². The zero-order chi connectivity index (χ0) is 17.8. The normalized spacial score (nSPS) is 21.4. The summed E-state index contributed by atoms with van der Waals surface area (Å²) < 4.78 is 11.1. The van der Waals surface area contributed by atoms with E-state index < -0.39 is 0 Å². The Balaban J connectivity index is 1.59. The van der Waals surface area contributed by atoms with Crippen LogP contribution in [0.15, 0.2) is 18.2 Å². The number of piperidine rings is 1. The van der Waals surface area contributed by atoms with Gasteiger partial charge in [-0.15, -0.1) is 0 Å². The van der Waals surface area contributed by atoms with E-state index in [-0.39, 0.29) is 30.4 Å². The van der Waals surface area contributed by atoms with Crippen molar-refractivity contribution in [2.45, 2.75) is 38.3 Å². The van der Waals surface area contributed by atoms with E-state index in [0.717, 1.165) is 37.1 Å². The van der Waals surface area contributed by atoms with Crippen molar-refractivity contribution in [3.63, 3.8) is 0 Å². The van der Waals surface area contributed by atoms with Crippen LogP contribution in [0.5, 0.6) is 11.5 Å². The standard InChI is InChI=1S/C18H25N3O4/c1-12(13-5-6-15-16(10-13)25-9-8-24-15)20-17(22)11-21-7-3-2-4-14(21)18(19)23/h5-6,10,12,14H,2-4,7-9,11H2,1H3,(H2,19,23)(H,20,22). The summed E-state index contributed by atoms with van der Waals surface area (Å²) in [4.78, 5) is 25.8. The van der Waals surface area contributed by atoms with Gasteiger partial charge in [0, 0.05) is 0 Å². The van der Waals surface area contributed by atoms with Crippen LogP contribution < -0.4 is 20.5 Å². The molecule has 1 aromatic carbocycles. The molecule has 1 fully saturated rings. The van der Waals surface area contributed by atoms with Gasteiger partial charge in [-0.3, -0.25) is 14.5 Å². The van der Waals surface area contributed by atoms with Gasteiger partial charge in [0.2, 0.25) is 11.8 Å². The molecule has 0 spiro atoms. The van der Waals surface area contributed by atoms with E-state index in [1.165, 1.54) is 0 Å². The number of carbonyl (C=O) groups excluding carboxylic acids is 2. The summed E-state index contributed by atoms with van der Waals surface area (Å²) in [5, 5.41) is 2.98. The molecule has 2 atom stereocenters. The number of carbonyl (C=O) groups is 2. The molecular weight excluding hydrogens is 322 g/mol. The number of likely N-dealkylation sites (tertiary alicyclic amines) is 1. The maximum absolute atomic E-state index is 12.4. The molecule has 2 heterocycles. The molecule has 1 saturated heterocycles. The summed E-state index contributed by atoms with van der Waals surface area (Å²) in [6, 6.07) is 5.17. The van der Waals surface area contributed by atoms with Crippen molar-refractivity contribution < 1.29 is 19.1 Å². The quantitative estimate of drug-likeness (QED) is 0.828. The van der Waals surface area contributed by atoms with Gasteiger partial charge in [-0.2, -0.15) is 0 Å². The molecule has 2 amide bonds. The smallest absolute Gasteiger partial charge is 0.234 e. The first kappa shape index (κ1) is 17.5. The van der Waals surface area contributed by atoms with E-state index >= 15 is 0 Å². The van der Waals surface area contributed by atoms with Crippen molar-refractivity contribution in [1.29, 1.82) is 0 Å². The predicted octanol–water partition coefficient (Wildman–Crippen LogP) is 0.975. The van der Waals surface area contributed by atoms with Crippen LogP contribution in [-0.2, 0) is 9.59 Å². The van der Waals surface area contributed by atoms with Gasteiger partial charge in [-0.25, -0.2) is 0 Å². The van der Waals surface area contributed by atoms with Gasteiger partial charge in [0.1, 0.15) is 13.2 Å². The van der Waals surface area contributed by atoms with E-state index in [4.69, 9.17) is 15.2 Å². The zero-order valence-electron chi connectivity index (χ0n) is 14.5. The van der Waals surface area contributed by atoms with Crippen LogP contribution in [-0.4, -0.2) is 49.1 Å². The third-order valence-corrected chi connectivity index (χ3v) is 4.73. The molecule has 0 aliphatic carbocycles. The Kier molecular flexibility index (Phi) is 5.43. The molecule has 7 nitrogen and oxygen atoms in total. The lowest BCUT2D eigenvalue weighted by Crippen LogP contribution is -2.51. The average molecular weight is 347 g/mol. The lowest BCUT2D eigenvalue weighted by Gasteiger charge is -2.33. The van der Waals surface area contributed by atoms with Crippen LogP contribution in [0.2, 0.25) is 0 Å². The molecular formula is C18H25N3O4. The zero-order valence-corrected chi connectivity index (χ0v) is 14.5. The van der Waals surface area contributed by atoms with Gasteiger partial charge in [0.25, 0.3) is 0 Å². The van der Waals surface area contributed by atoms with Gasteiger partial charge in [-0.1, -0.05) is 12.5 Å². The minimum absolute atomic E-state index is 0.115. The minimum atomic E-state index is -0.354. The first-order valence-electron chi connectivity index (χ1n) is 8.77. The number of fused-ring (bicyclic) bond motifs is 1. The van der Waals surface area contributed by atoms with Crippen molar-refractivity contribution in [2.24, 2.45) is 5.73 Å². The average Bonchev–Trinajstić information content (AvgIpc) is 2.61. The third-order valence-electron chi connectivity index (χ3n) is 4.73. The summed E-state index contributed by atoms with van der Waals surface area (Å²) in [5.41, 5.74) is 6.40. The SMILES string of the molecule is CC(NC(=O)CN1CCCCC1C(N)=O)c1ccc2c(c1)OCCO2. The maximum Gasteiger partial charge on any atom is 0.234 e. The Labute approximate surface area is 147 Å². The highest BCUT2D eigenvalue weighted by atomic mass is 16.6. The Morgan fingerprint density at radius 1 is 1.28 bits per heavy atom. The molecule has 1 aromatic rings. The Morgan fingerprint density at radius 2 is 2.04 bits per heavy atom. The Morgan fingerprint density at radius 3 is 2.80 bits per heavy atom. The number of nitrogens with zero attached hydrogens (tertiary/aromatic N) is 1. The number of ether oxygens (including phenoxy) is 2. The summed E-state index contributed by atoms with van der Waals surface area (Å²) >= 11 is 0. The first-order chi connectivity index (χ1) is 12.0. The number of nitrogens with one attached hydrogen (secondary N) is 1. The number of rotatable bonds is 5. The number of benzene rings is 1. The van der Waals surface area contributed by atoms with Crippen molar-refractivity contribution >= 4 is 11.8 Å². The Bertz CT molecular complexity index is 649. The highest BCUT2D eigenvalue weighted by Gasteiger charge is 2.28. The maximum atomic E-state index is 12.4. The molecule has 25 heavy (non-hydrogen) atoms. The Hall–Kier alpha value is -2.28. The monoisotopic (exact) mass is 347 g/mol. The molecule has 3 N–H and O–H groups in total. The van der Waals surface area contributed by atoms with Gasteiger partial charge >= 0.3 is 0 Å². The number of amides is 2. The fraction of sp³-hybridized carbons (Fsp3) is 0.556. The second-order valence-electron chi connectivity index (χ2n) is 6.58. The van der Waals surface area contributed by atoms with E-state index in [0.29, 0.717) is 19.0 Å². The molecule has 2 unspecified atom stereocenters. The number of primary amides is 1. The van der Waals surface area contributed by atoms with Gasteiger partial charge in [-0.05, 0) is 44.0 Å². The van der Waals surface area contributed by atoms with Crippen molar-refractivity contribution in [1.82, 2.24) is 10.2 Å². The minimum Gasteiger partial charge on any atom is -0.486 e. The molecule has 0 aromatic heterocycles. The van der Waals surface area contributed by atoms with E-state index in [9.17, 15) is 9.59 Å². The first-order valence-corrected chi connectivity index (χ1v) is 8.77. The molecule has 2 aliphatic rings. The second-order valence-corrected chi connectivity index (χ2v) is 6.58. The molecule has 2 aliphatic heterocycles. The van der Waals surface area contributed by atoms with Crippen molar-refractivity contribution in [3.05, 3.63) is 23.8 Å². The topological polar surface area (TPSA) is 93.9 Å². The largest absolute Gasteiger partial charge is 0.486 e. The predicted molar refractivity (Wildman–Crippen MR) is 92.4 cm³/mol. The van der Waals surface area contributed by atoms with Gasteiger partial charge in [0.15, 0.2) is 11.5 Å². The highest BCUT2D eigenvalue weighted by molar-refractivity contribution is 5.82. The molecule has 7 heteroatoms. The summed E-state index contributed by atoms with van der Waals surface area (Å²) in [7, 11) is 0. The molecule has 0 bridgehead atoms. The highest BCUT2D eigenvalue weighted by Crippen LogP contribution is 2.32. The molecule has 136 valence electrons. The van der Waals surface area contributed by atoms with E-state index in [1.807, 2.05) is 30.0 Å². The van der Waals surface area contributed by atoms with Crippen LogP contribution in [0.3, 0.4) is 0 Å². The summed E-state index contributed by atoms with van der Waals surface area (Å²) in [6.45, 7) is 3.91. The lowest BCUT2D eigenvalue weighted by molar-refractivity contribution is -0.128. The van der Waals surface area contributed by atoms with Crippen LogP contribution in [0.1, 0.15) is 37.8 Å². The fourth-order valence-electron chi connectivity index (χ4n) is 3.39. The number of hydrogen-bond donors (Lipinski definition) is 2. The van der Waals surface area contributed by atoms with Gasteiger partial charge < -0.3 is 20.5 Å². The lowest BCUT2D eigenvalue weighted by atomic mass is 10.0. The van der Waals surface area contributed by atoms with E-state index in [2.05, 4.69) is 5.32 Å². The van der Waals surface area contributed by atoms with Crippen LogP contribution in [0.25, 0.3) is 0 Å². The number of nitrogens with two attached hydrogens (primary N) is 1. The van der Waals surface area contributed by atoms with Crippen LogP contribution in [0.4, 0.5) is 0 Å². The van der Waals surface area contributed by atoms with Crippen molar-refractivity contribution in [3.8, 4) is 11.5 Å². The second kappa shape index (κ2) is 7.74. The van der Waals surface area contributed by atoms with Crippen molar-refractivity contribution in [2.75, 3.05) is 26.3 Å². The molecule has 0 radical (unpaired) electrons. The summed E-state index contributed by atoms with van der Waals surface area (Å²) in [5.74, 6) is 0.962. The van der Waals surface area contributed by atoms with Gasteiger partial charge in [0.05, 0.1) is 18.6 Å². The number of hydrogen-bond acceptors (Lipinski definition) is 5. The third kappa shape index (κ3) is 4.22. The summed E-state index contributed by atoms with van der Waals surface area (Å²) in [6.07, 6.45) is 2.68. The molecule has 3 rings (SSSR count). The fourth-order valence-corrected chi connectivity index (χ4v) is 3.39.